The van der Waals surface area contributed by atoms with Crippen molar-refractivity contribution in [2.45, 2.75) is 24.8 Å². The number of nitrogen functional groups attached to an aromatic ring is 1. The number of nitrogens with two attached hydrogens (primary N) is 1. The van der Waals surface area contributed by atoms with Gasteiger partial charge in [-0.15, -0.1) is 16.4 Å². The molecular weight excluding hydrogens is 408 g/mol. The van der Waals surface area contributed by atoms with Crippen LogP contribution in [-0.2, 0) is 10.5 Å². The number of ether oxygens (including phenoxy) is 1. The molecule has 148 valence electrons. The number of hydrogen-bond acceptors (Lipinski definition) is 9. The van der Waals surface area contributed by atoms with Crippen LogP contribution in [0.1, 0.15) is 28.0 Å². The van der Waals surface area contributed by atoms with Crippen molar-refractivity contribution < 1.29 is 9.53 Å². The van der Waals surface area contributed by atoms with Gasteiger partial charge in [-0.2, -0.15) is 0 Å². The van der Waals surface area contributed by atoms with E-state index in [1.54, 1.807) is 17.9 Å². The van der Waals surface area contributed by atoms with E-state index in [-0.39, 0.29) is 5.97 Å². The first-order valence-electron chi connectivity index (χ1n) is 8.89. The number of anilines is 1. The number of para-hydroxylation sites is 1. The Morgan fingerprint density at radius 2 is 2.07 bits per heavy atom. The number of carbonyl (C=O) groups is 1. The molecule has 0 unspecified atom stereocenters. The first-order chi connectivity index (χ1) is 14.1. The van der Waals surface area contributed by atoms with Crippen LogP contribution in [0.25, 0.3) is 15.9 Å². The Bertz CT molecular complexity index is 1170. The Morgan fingerprint density at radius 3 is 2.83 bits per heavy atom. The maximum atomic E-state index is 12.1. The monoisotopic (exact) mass is 426 g/mol. The van der Waals surface area contributed by atoms with Crippen LogP contribution in [0.15, 0.2) is 41.8 Å². The summed E-state index contributed by atoms with van der Waals surface area (Å²) in [7, 11) is 0. The molecule has 4 rings (SSSR count). The molecule has 0 radical (unpaired) electrons. The van der Waals surface area contributed by atoms with Gasteiger partial charge in [0.1, 0.15) is 27.7 Å². The lowest BCUT2D eigenvalue weighted by Crippen LogP contribution is -2.04. The summed E-state index contributed by atoms with van der Waals surface area (Å²) >= 11 is 2.69. The second-order valence-electron chi connectivity index (χ2n) is 6.08. The molecule has 0 saturated carbocycles. The van der Waals surface area contributed by atoms with Gasteiger partial charge in [-0.3, -0.25) is 0 Å². The number of rotatable bonds is 6. The lowest BCUT2D eigenvalue weighted by Gasteiger charge is -2.02. The fourth-order valence-electron chi connectivity index (χ4n) is 2.82. The van der Waals surface area contributed by atoms with Gasteiger partial charge in [0.05, 0.1) is 23.4 Å². The van der Waals surface area contributed by atoms with Gasteiger partial charge in [0.15, 0.2) is 0 Å². The van der Waals surface area contributed by atoms with Crippen LogP contribution in [0.2, 0.25) is 0 Å². The van der Waals surface area contributed by atoms with Crippen LogP contribution in [0.4, 0.5) is 5.82 Å². The lowest BCUT2D eigenvalue weighted by molar-refractivity contribution is 0.0531. The smallest absolute Gasteiger partial charge is 0.348 e. The summed E-state index contributed by atoms with van der Waals surface area (Å²) in [5.74, 6) is 1.02. The standard InChI is InChI=1S/C19H18N6O2S2/c1-3-27-18(26)15-11(2)14-16(20)22-13(23-17(14)29-15)9-28-19-21-10-25(24-19)12-7-5-4-6-8-12/h4-8,10H,3,9H2,1-2H3,(H2,20,22,23). The van der Waals surface area contributed by atoms with Gasteiger partial charge in [0.2, 0.25) is 5.16 Å². The zero-order valence-corrected chi connectivity index (χ0v) is 17.5. The molecule has 3 heterocycles. The van der Waals surface area contributed by atoms with Crippen molar-refractivity contribution in [3.8, 4) is 5.69 Å². The zero-order valence-electron chi connectivity index (χ0n) is 15.8. The molecule has 0 aliphatic carbocycles. The van der Waals surface area contributed by atoms with Crippen molar-refractivity contribution in [1.29, 1.82) is 0 Å². The number of nitrogens with zero attached hydrogens (tertiary/aromatic N) is 5. The number of carbonyl (C=O) groups excluding carboxylic acids is 1. The maximum absolute atomic E-state index is 12.1. The molecule has 0 aliphatic heterocycles. The molecule has 8 nitrogen and oxygen atoms in total. The third-order valence-electron chi connectivity index (χ3n) is 4.15. The SMILES string of the molecule is CCOC(=O)c1sc2nc(CSc3ncn(-c4ccccc4)n3)nc(N)c2c1C. The highest BCUT2D eigenvalue weighted by Crippen LogP contribution is 2.33. The minimum Gasteiger partial charge on any atom is -0.462 e. The number of thiophene rings is 1. The van der Waals surface area contributed by atoms with Gasteiger partial charge in [0, 0.05) is 0 Å². The van der Waals surface area contributed by atoms with Crippen molar-refractivity contribution in [3.05, 3.63) is 52.9 Å². The molecule has 29 heavy (non-hydrogen) atoms. The molecule has 0 amide bonds. The van der Waals surface area contributed by atoms with Gasteiger partial charge in [-0.05, 0) is 31.5 Å². The number of esters is 1. The highest BCUT2D eigenvalue weighted by atomic mass is 32.2. The first-order valence-corrected chi connectivity index (χ1v) is 10.7. The average Bonchev–Trinajstić information content (AvgIpc) is 3.32. The van der Waals surface area contributed by atoms with E-state index in [1.165, 1.54) is 23.1 Å². The van der Waals surface area contributed by atoms with Crippen LogP contribution in [0, 0.1) is 6.92 Å². The summed E-state index contributed by atoms with van der Waals surface area (Å²) in [6.45, 7) is 3.93. The maximum Gasteiger partial charge on any atom is 0.348 e. The number of aromatic nitrogens is 5. The van der Waals surface area contributed by atoms with E-state index in [0.29, 0.717) is 44.3 Å². The molecule has 2 N–H and O–H groups in total. The predicted octanol–water partition coefficient (Wildman–Crippen LogP) is 3.63. The molecule has 0 saturated heterocycles. The highest BCUT2D eigenvalue weighted by molar-refractivity contribution is 7.98. The molecular formula is C19H18N6O2S2. The third kappa shape index (κ3) is 3.94. The normalized spacial score (nSPS) is 11.1. The quantitative estimate of drug-likeness (QED) is 0.368. The second-order valence-corrected chi connectivity index (χ2v) is 8.02. The Balaban J connectivity index is 1.54. The molecule has 0 atom stereocenters. The molecule has 0 spiro atoms. The van der Waals surface area contributed by atoms with Gasteiger partial charge < -0.3 is 10.5 Å². The molecule has 0 fully saturated rings. The first kappa shape index (κ1) is 19.3. The summed E-state index contributed by atoms with van der Waals surface area (Å²) in [5, 5.41) is 5.79. The van der Waals surface area contributed by atoms with Crippen molar-refractivity contribution in [2.24, 2.45) is 0 Å². The summed E-state index contributed by atoms with van der Waals surface area (Å²) in [4.78, 5) is 26.6. The topological polar surface area (TPSA) is 109 Å². The van der Waals surface area contributed by atoms with E-state index < -0.39 is 0 Å². The predicted molar refractivity (Wildman–Crippen MR) is 113 cm³/mol. The molecule has 10 heteroatoms. The summed E-state index contributed by atoms with van der Waals surface area (Å²) < 4.78 is 6.83. The Morgan fingerprint density at radius 1 is 1.28 bits per heavy atom. The Kier molecular flexibility index (Phi) is 5.45. The fraction of sp³-hybridized carbons (Fsp3) is 0.211. The van der Waals surface area contributed by atoms with E-state index >= 15 is 0 Å². The highest BCUT2D eigenvalue weighted by Gasteiger charge is 2.20. The minimum absolute atomic E-state index is 0.318. The van der Waals surface area contributed by atoms with Crippen molar-refractivity contribution in [1.82, 2.24) is 24.7 Å². The number of hydrogen-bond donors (Lipinski definition) is 1. The van der Waals surface area contributed by atoms with Gasteiger partial charge in [-0.1, -0.05) is 30.0 Å². The van der Waals surface area contributed by atoms with E-state index in [1.807, 2.05) is 37.3 Å². The molecule has 1 aromatic carbocycles. The van der Waals surface area contributed by atoms with Crippen molar-refractivity contribution in [2.75, 3.05) is 12.3 Å². The van der Waals surface area contributed by atoms with Crippen LogP contribution in [0.5, 0.6) is 0 Å². The van der Waals surface area contributed by atoms with E-state index in [2.05, 4.69) is 20.1 Å². The summed E-state index contributed by atoms with van der Waals surface area (Å²) in [6.07, 6.45) is 1.67. The van der Waals surface area contributed by atoms with Crippen LogP contribution >= 0.6 is 23.1 Å². The van der Waals surface area contributed by atoms with Crippen LogP contribution in [0.3, 0.4) is 0 Å². The second kappa shape index (κ2) is 8.18. The summed E-state index contributed by atoms with van der Waals surface area (Å²) in [6, 6.07) is 9.77. The van der Waals surface area contributed by atoms with Crippen molar-refractivity contribution >= 4 is 45.1 Å². The number of aryl methyl sites for hydroxylation is 1. The van der Waals surface area contributed by atoms with Crippen LogP contribution < -0.4 is 5.73 Å². The molecule has 0 bridgehead atoms. The molecule has 3 aromatic heterocycles. The minimum atomic E-state index is -0.362. The van der Waals surface area contributed by atoms with Gasteiger partial charge >= 0.3 is 5.97 Å². The van der Waals surface area contributed by atoms with Crippen LogP contribution in [-0.4, -0.2) is 37.3 Å². The van der Waals surface area contributed by atoms with Gasteiger partial charge in [-0.25, -0.2) is 24.4 Å². The largest absolute Gasteiger partial charge is 0.462 e. The number of benzene rings is 1. The van der Waals surface area contributed by atoms with E-state index in [0.717, 1.165) is 11.3 Å². The van der Waals surface area contributed by atoms with E-state index in [9.17, 15) is 4.79 Å². The molecule has 0 aliphatic rings. The summed E-state index contributed by atoms with van der Waals surface area (Å²) in [5.41, 5.74) is 7.85. The molecule has 4 aromatic rings. The van der Waals surface area contributed by atoms with E-state index in [4.69, 9.17) is 10.5 Å². The lowest BCUT2D eigenvalue weighted by atomic mass is 10.2. The van der Waals surface area contributed by atoms with Gasteiger partial charge in [0.25, 0.3) is 0 Å². The Labute approximate surface area is 175 Å². The Hall–Kier alpha value is -2.98. The average molecular weight is 427 g/mol. The zero-order chi connectivity index (χ0) is 20.4. The fourth-order valence-corrected chi connectivity index (χ4v) is 4.58. The number of fused-ring (bicyclic) bond motifs is 1. The van der Waals surface area contributed by atoms with Crippen molar-refractivity contribution in [3.63, 3.8) is 0 Å². The third-order valence-corrected chi connectivity index (χ3v) is 6.16. The number of thioether (sulfide) groups is 1.